The van der Waals surface area contributed by atoms with E-state index in [-0.39, 0.29) is 0 Å². The molecular weight excluding hydrogens is 296 g/mol. The first-order valence-corrected chi connectivity index (χ1v) is 8.29. The number of hydrogen-bond acceptors (Lipinski definition) is 4. The van der Waals surface area contributed by atoms with E-state index in [2.05, 4.69) is 62.6 Å². The molecule has 0 saturated heterocycles. The Morgan fingerprint density at radius 2 is 1.67 bits per heavy atom. The molecule has 0 unspecified atom stereocenters. The highest BCUT2D eigenvalue weighted by molar-refractivity contribution is 5.60. The number of nitrogens with zero attached hydrogens (tertiary/aromatic N) is 3. The normalized spacial score (nSPS) is 14.2. The molecule has 1 N–H and O–H groups in total. The Morgan fingerprint density at radius 3 is 2.46 bits per heavy atom. The highest BCUT2D eigenvalue weighted by Gasteiger charge is 2.21. The van der Waals surface area contributed by atoms with Gasteiger partial charge in [0.05, 0.1) is 5.69 Å². The van der Waals surface area contributed by atoms with E-state index < -0.39 is 0 Å². The molecule has 0 radical (unpaired) electrons. The van der Waals surface area contributed by atoms with Crippen molar-refractivity contribution in [2.75, 3.05) is 11.9 Å². The molecule has 0 amide bonds. The molecule has 2 aromatic carbocycles. The molecule has 1 aliphatic heterocycles. The number of fused-ring (bicyclic) bond motifs is 1. The van der Waals surface area contributed by atoms with E-state index in [4.69, 9.17) is 0 Å². The van der Waals surface area contributed by atoms with Crippen molar-refractivity contribution in [1.82, 2.24) is 14.9 Å². The van der Waals surface area contributed by atoms with Crippen molar-refractivity contribution in [1.29, 1.82) is 0 Å². The lowest BCUT2D eigenvalue weighted by molar-refractivity contribution is 0.243. The van der Waals surface area contributed by atoms with E-state index in [9.17, 15) is 0 Å². The van der Waals surface area contributed by atoms with Crippen LogP contribution in [0.25, 0.3) is 0 Å². The first-order chi connectivity index (χ1) is 11.9. The van der Waals surface area contributed by atoms with E-state index in [1.807, 2.05) is 18.2 Å². The minimum absolute atomic E-state index is 0.875. The lowest BCUT2D eigenvalue weighted by atomic mass is 10.0. The van der Waals surface area contributed by atoms with E-state index in [0.29, 0.717) is 0 Å². The third-order valence-corrected chi connectivity index (χ3v) is 4.37. The summed E-state index contributed by atoms with van der Waals surface area (Å²) in [7, 11) is 0. The Balaban J connectivity index is 1.55. The van der Waals surface area contributed by atoms with Crippen LogP contribution in [-0.2, 0) is 19.5 Å². The van der Waals surface area contributed by atoms with Crippen LogP contribution in [0, 0.1) is 0 Å². The molecule has 0 aliphatic carbocycles. The van der Waals surface area contributed by atoms with Crippen molar-refractivity contribution >= 4 is 11.5 Å². The Bertz CT molecular complexity index is 802. The molecule has 120 valence electrons. The van der Waals surface area contributed by atoms with Crippen LogP contribution in [-0.4, -0.2) is 21.4 Å². The summed E-state index contributed by atoms with van der Waals surface area (Å²) in [5, 5.41) is 3.44. The highest BCUT2D eigenvalue weighted by Crippen LogP contribution is 2.26. The van der Waals surface area contributed by atoms with Crippen LogP contribution in [0.1, 0.15) is 16.8 Å². The molecule has 4 heteroatoms. The molecule has 0 fully saturated rings. The highest BCUT2D eigenvalue weighted by atomic mass is 15.1. The molecule has 0 saturated carbocycles. The largest absolute Gasteiger partial charge is 0.340 e. The fraction of sp³-hybridized carbons (Fsp3) is 0.200. The van der Waals surface area contributed by atoms with Gasteiger partial charge in [-0.15, -0.1) is 0 Å². The molecule has 0 atom stereocenters. The van der Waals surface area contributed by atoms with Crippen LogP contribution in [0.5, 0.6) is 0 Å². The molecular formula is C20H20N4. The summed E-state index contributed by atoms with van der Waals surface area (Å²) in [6.45, 7) is 2.86. The van der Waals surface area contributed by atoms with Gasteiger partial charge in [0.1, 0.15) is 12.1 Å². The number of nitrogens with one attached hydrogen (secondary N) is 1. The third-order valence-electron chi connectivity index (χ3n) is 4.37. The van der Waals surface area contributed by atoms with Crippen LogP contribution in [0.15, 0.2) is 67.0 Å². The molecule has 0 spiro atoms. The molecule has 4 rings (SSSR count). The summed E-state index contributed by atoms with van der Waals surface area (Å²) < 4.78 is 0. The van der Waals surface area contributed by atoms with Gasteiger partial charge in [-0.2, -0.15) is 0 Å². The predicted octanol–water partition coefficient (Wildman–Crippen LogP) is 3.78. The minimum atomic E-state index is 0.875. The Labute approximate surface area is 142 Å². The average molecular weight is 316 g/mol. The zero-order chi connectivity index (χ0) is 16.2. The number of benzene rings is 2. The van der Waals surface area contributed by atoms with Gasteiger partial charge in [0.2, 0.25) is 0 Å². The zero-order valence-corrected chi connectivity index (χ0v) is 13.5. The van der Waals surface area contributed by atoms with E-state index in [1.54, 1.807) is 6.33 Å². The van der Waals surface area contributed by atoms with E-state index >= 15 is 0 Å². The van der Waals surface area contributed by atoms with Gasteiger partial charge in [-0.3, -0.25) is 4.90 Å². The van der Waals surface area contributed by atoms with Crippen molar-refractivity contribution in [2.45, 2.75) is 19.5 Å². The minimum Gasteiger partial charge on any atom is -0.340 e. The Kier molecular flexibility index (Phi) is 4.21. The zero-order valence-electron chi connectivity index (χ0n) is 13.5. The van der Waals surface area contributed by atoms with Gasteiger partial charge in [0.25, 0.3) is 0 Å². The van der Waals surface area contributed by atoms with E-state index in [0.717, 1.165) is 43.3 Å². The third kappa shape index (κ3) is 3.29. The summed E-state index contributed by atoms with van der Waals surface area (Å²) in [4.78, 5) is 11.4. The van der Waals surface area contributed by atoms with Crippen molar-refractivity contribution in [3.05, 3.63) is 83.8 Å². The maximum atomic E-state index is 4.49. The van der Waals surface area contributed by atoms with Gasteiger partial charge in [0.15, 0.2) is 0 Å². The second-order valence-electron chi connectivity index (χ2n) is 6.08. The molecule has 2 heterocycles. The van der Waals surface area contributed by atoms with Crippen molar-refractivity contribution in [2.24, 2.45) is 0 Å². The smallest absolute Gasteiger partial charge is 0.138 e. The first-order valence-electron chi connectivity index (χ1n) is 8.29. The summed E-state index contributed by atoms with van der Waals surface area (Å²) in [6.07, 6.45) is 2.63. The maximum absolute atomic E-state index is 4.49. The second kappa shape index (κ2) is 6.81. The summed E-state index contributed by atoms with van der Waals surface area (Å²) in [6, 6.07) is 20.8. The van der Waals surface area contributed by atoms with E-state index in [1.165, 1.54) is 11.1 Å². The van der Waals surface area contributed by atoms with Gasteiger partial charge in [-0.05, 0) is 17.7 Å². The number of aromatic nitrogens is 2. The maximum Gasteiger partial charge on any atom is 0.138 e. The van der Waals surface area contributed by atoms with Crippen molar-refractivity contribution in [3.8, 4) is 0 Å². The van der Waals surface area contributed by atoms with Crippen molar-refractivity contribution < 1.29 is 0 Å². The van der Waals surface area contributed by atoms with Crippen LogP contribution < -0.4 is 5.32 Å². The fourth-order valence-corrected chi connectivity index (χ4v) is 3.14. The van der Waals surface area contributed by atoms with Gasteiger partial charge in [-0.25, -0.2) is 9.97 Å². The molecule has 0 bridgehead atoms. The SMILES string of the molecule is c1ccc(CN2CCc3ncnc(Nc4ccccc4)c3C2)cc1. The number of hydrogen-bond donors (Lipinski definition) is 1. The van der Waals surface area contributed by atoms with Gasteiger partial charge in [0, 0.05) is 37.3 Å². The topological polar surface area (TPSA) is 41.1 Å². The standard InChI is InChI=1S/C20H20N4/c1-3-7-16(8-4-1)13-24-12-11-19-18(14-24)20(22-15-21-19)23-17-9-5-2-6-10-17/h1-10,15H,11-14H2,(H,21,22,23). The fourth-order valence-electron chi connectivity index (χ4n) is 3.14. The van der Waals surface area contributed by atoms with Gasteiger partial charge < -0.3 is 5.32 Å². The molecule has 3 aromatic rings. The van der Waals surface area contributed by atoms with Crippen LogP contribution in [0.3, 0.4) is 0 Å². The lowest BCUT2D eigenvalue weighted by Gasteiger charge is -2.29. The molecule has 24 heavy (non-hydrogen) atoms. The summed E-state index contributed by atoms with van der Waals surface area (Å²) in [5.74, 6) is 0.920. The van der Waals surface area contributed by atoms with Crippen LogP contribution in [0.4, 0.5) is 11.5 Å². The first kappa shape index (κ1) is 14.8. The molecule has 1 aromatic heterocycles. The number of anilines is 2. The Morgan fingerprint density at radius 1 is 0.917 bits per heavy atom. The summed E-state index contributed by atoms with van der Waals surface area (Å²) >= 11 is 0. The van der Waals surface area contributed by atoms with Crippen LogP contribution >= 0.6 is 0 Å². The lowest BCUT2D eigenvalue weighted by Crippen LogP contribution is -2.31. The molecule has 4 nitrogen and oxygen atoms in total. The second-order valence-corrected chi connectivity index (χ2v) is 6.08. The van der Waals surface area contributed by atoms with Gasteiger partial charge >= 0.3 is 0 Å². The van der Waals surface area contributed by atoms with Crippen molar-refractivity contribution in [3.63, 3.8) is 0 Å². The number of rotatable bonds is 4. The Hall–Kier alpha value is -2.72. The average Bonchev–Trinajstić information content (AvgIpc) is 2.64. The van der Waals surface area contributed by atoms with Crippen LogP contribution in [0.2, 0.25) is 0 Å². The van der Waals surface area contributed by atoms with Gasteiger partial charge in [-0.1, -0.05) is 48.5 Å². The number of para-hydroxylation sites is 1. The quantitative estimate of drug-likeness (QED) is 0.795. The summed E-state index contributed by atoms with van der Waals surface area (Å²) in [5.41, 5.74) is 4.77. The predicted molar refractivity (Wildman–Crippen MR) is 96.0 cm³/mol. The molecule has 1 aliphatic rings. The monoisotopic (exact) mass is 316 g/mol.